The molecule has 1 aliphatic carbocycles. The van der Waals surface area contributed by atoms with E-state index in [-0.39, 0.29) is 0 Å². The zero-order valence-electron chi connectivity index (χ0n) is 12.7. The summed E-state index contributed by atoms with van der Waals surface area (Å²) in [6.45, 7) is 3.99. The number of thiophene rings is 1. The molecule has 4 rings (SSSR count). The standard InChI is InChI=1S/C16H22N4OS/c1-3-13(17-9-14-4-2-8-22-14)10-20(7-1)11-15-18-16(21-19-15)12-5-6-12/h2,4,8,12-13,17H,1,3,5-7,9-11H2. The van der Waals surface area contributed by atoms with Gasteiger partial charge in [0, 0.05) is 29.9 Å². The summed E-state index contributed by atoms with van der Waals surface area (Å²) in [4.78, 5) is 8.39. The molecular formula is C16H22N4OS. The Morgan fingerprint density at radius 3 is 3.14 bits per heavy atom. The Labute approximate surface area is 134 Å². The average Bonchev–Trinajstić information content (AvgIpc) is 3.06. The number of nitrogens with one attached hydrogen (secondary N) is 1. The molecule has 1 atom stereocenters. The van der Waals surface area contributed by atoms with Crippen molar-refractivity contribution in [1.82, 2.24) is 20.4 Å². The predicted molar refractivity (Wildman–Crippen MR) is 85.7 cm³/mol. The highest BCUT2D eigenvalue weighted by Crippen LogP contribution is 2.38. The lowest BCUT2D eigenvalue weighted by atomic mass is 10.1. The Balaban J connectivity index is 1.28. The van der Waals surface area contributed by atoms with Crippen LogP contribution in [0.5, 0.6) is 0 Å². The van der Waals surface area contributed by atoms with Crippen molar-refractivity contribution in [3.05, 3.63) is 34.1 Å². The van der Waals surface area contributed by atoms with Crippen molar-refractivity contribution < 1.29 is 4.52 Å². The van der Waals surface area contributed by atoms with E-state index in [1.807, 2.05) is 11.3 Å². The molecule has 0 bridgehead atoms. The molecule has 0 aromatic carbocycles. The fourth-order valence-electron chi connectivity index (χ4n) is 3.05. The summed E-state index contributed by atoms with van der Waals surface area (Å²) in [6, 6.07) is 4.87. The first kappa shape index (κ1) is 14.4. The second-order valence-electron chi connectivity index (χ2n) is 6.36. The van der Waals surface area contributed by atoms with E-state index in [0.29, 0.717) is 12.0 Å². The van der Waals surface area contributed by atoms with E-state index in [9.17, 15) is 0 Å². The molecule has 0 radical (unpaired) electrons. The molecule has 1 aliphatic heterocycles. The molecule has 3 heterocycles. The Hall–Kier alpha value is -1.24. The third-order valence-electron chi connectivity index (χ3n) is 4.43. The molecule has 1 saturated carbocycles. The molecule has 5 nitrogen and oxygen atoms in total. The van der Waals surface area contributed by atoms with Crippen LogP contribution < -0.4 is 5.32 Å². The van der Waals surface area contributed by atoms with E-state index in [2.05, 4.69) is 37.9 Å². The maximum absolute atomic E-state index is 5.35. The zero-order valence-corrected chi connectivity index (χ0v) is 13.5. The summed E-state index contributed by atoms with van der Waals surface area (Å²) < 4.78 is 5.35. The van der Waals surface area contributed by atoms with Gasteiger partial charge in [0.1, 0.15) is 0 Å². The van der Waals surface area contributed by atoms with Crippen molar-refractivity contribution in [3.8, 4) is 0 Å². The SMILES string of the molecule is c1csc(CNC2CCCN(Cc3noc(C4CC4)n3)C2)c1. The number of hydrogen-bond donors (Lipinski definition) is 1. The van der Waals surface area contributed by atoms with E-state index in [4.69, 9.17) is 4.52 Å². The van der Waals surface area contributed by atoms with Gasteiger partial charge in [0.25, 0.3) is 0 Å². The zero-order chi connectivity index (χ0) is 14.8. The van der Waals surface area contributed by atoms with Gasteiger partial charge in [-0.15, -0.1) is 11.3 Å². The average molecular weight is 318 g/mol. The number of aromatic nitrogens is 2. The molecule has 0 amide bonds. The van der Waals surface area contributed by atoms with Gasteiger partial charge in [-0.1, -0.05) is 11.2 Å². The summed E-state index contributed by atoms with van der Waals surface area (Å²) in [7, 11) is 0. The molecule has 2 aliphatic rings. The van der Waals surface area contributed by atoms with E-state index >= 15 is 0 Å². The molecule has 118 valence electrons. The molecule has 2 aromatic rings. The van der Waals surface area contributed by atoms with E-state index in [1.54, 1.807) is 0 Å². The first-order chi connectivity index (χ1) is 10.9. The topological polar surface area (TPSA) is 54.2 Å². The van der Waals surface area contributed by atoms with Crippen LogP contribution in [0.3, 0.4) is 0 Å². The summed E-state index contributed by atoms with van der Waals surface area (Å²) in [5, 5.41) is 9.95. The summed E-state index contributed by atoms with van der Waals surface area (Å²) in [5.74, 6) is 2.24. The minimum atomic E-state index is 0.544. The maximum atomic E-state index is 5.35. The quantitative estimate of drug-likeness (QED) is 0.887. The van der Waals surface area contributed by atoms with Crippen LogP contribution in [0.2, 0.25) is 0 Å². The van der Waals surface area contributed by atoms with E-state index < -0.39 is 0 Å². The van der Waals surface area contributed by atoms with Gasteiger partial charge >= 0.3 is 0 Å². The summed E-state index contributed by atoms with van der Waals surface area (Å²) in [5.41, 5.74) is 0. The highest BCUT2D eigenvalue weighted by atomic mass is 32.1. The minimum absolute atomic E-state index is 0.544. The van der Waals surface area contributed by atoms with Crippen molar-refractivity contribution in [2.24, 2.45) is 0 Å². The van der Waals surface area contributed by atoms with Gasteiger partial charge in [-0.05, 0) is 43.7 Å². The van der Waals surface area contributed by atoms with E-state index in [0.717, 1.165) is 37.9 Å². The van der Waals surface area contributed by atoms with Gasteiger partial charge in [0.15, 0.2) is 5.82 Å². The van der Waals surface area contributed by atoms with Gasteiger partial charge in [-0.3, -0.25) is 4.90 Å². The molecule has 2 aromatic heterocycles. The van der Waals surface area contributed by atoms with Crippen LogP contribution in [0.4, 0.5) is 0 Å². The van der Waals surface area contributed by atoms with Gasteiger partial charge < -0.3 is 9.84 Å². The maximum Gasteiger partial charge on any atom is 0.229 e. The lowest BCUT2D eigenvalue weighted by molar-refractivity contribution is 0.177. The number of hydrogen-bond acceptors (Lipinski definition) is 6. The summed E-state index contributed by atoms with van der Waals surface area (Å²) in [6.07, 6.45) is 4.90. The molecule has 6 heteroatoms. The van der Waals surface area contributed by atoms with Crippen LogP contribution >= 0.6 is 11.3 Å². The van der Waals surface area contributed by atoms with Gasteiger partial charge in [0.05, 0.1) is 6.54 Å². The van der Waals surface area contributed by atoms with E-state index in [1.165, 1.54) is 30.6 Å². The Bertz CT molecular complexity index is 593. The first-order valence-electron chi connectivity index (χ1n) is 8.17. The van der Waals surface area contributed by atoms with Gasteiger partial charge in [0.2, 0.25) is 5.89 Å². The van der Waals surface area contributed by atoms with Crippen molar-refractivity contribution in [2.45, 2.75) is 50.7 Å². The van der Waals surface area contributed by atoms with Crippen molar-refractivity contribution in [2.75, 3.05) is 13.1 Å². The van der Waals surface area contributed by atoms with Gasteiger partial charge in [-0.25, -0.2) is 0 Å². The molecule has 22 heavy (non-hydrogen) atoms. The molecule has 1 unspecified atom stereocenters. The van der Waals surface area contributed by atoms with Gasteiger partial charge in [-0.2, -0.15) is 4.98 Å². The molecule has 1 N–H and O–H groups in total. The monoisotopic (exact) mass is 318 g/mol. The largest absolute Gasteiger partial charge is 0.339 e. The smallest absolute Gasteiger partial charge is 0.229 e. The Morgan fingerprint density at radius 1 is 1.36 bits per heavy atom. The number of rotatable bonds is 6. The van der Waals surface area contributed by atoms with Crippen LogP contribution in [-0.4, -0.2) is 34.2 Å². The first-order valence-corrected chi connectivity index (χ1v) is 9.05. The third kappa shape index (κ3) is 3.56. The fraction of sp³-hybridized carbons (Fsp3) is 0.625. The van der Waals surface area contributed by atoms with Crippen LogP contribution in [0.1, 0.15) is 48.2 Å². The third-order valence-corrected chi connectivity index (χ3v) is 5.30. The summed E-state index contributed by atoms with van der Waals surface area (Å²) >= 11 is 1.82. The Morgan fingerprint density at radius 2 is 2.32 bits per heavy atom. The van der Waals surface area contributed by atoms with Crippen LogP contribution in [0.25, 0.3) is 0 Å². The molecular weight excluding hydrogens is 296 g/mol. The lowest BCUT2D eigenvalue weighted by Gasteiger charge is -2.32. The fourth-order valence-corrected chi connectivity index (χ4v) is 3.71. The highest BCUT2D eigenvalue weighted by Gasteiger charge is 2.30. The minimum Gasteiger partial charge on any atom is -0.339 e. The lowest BCUT2D eigenvalue weighted by Crippen LogP contribution is -2.45. The van der Waals surface area contributed by atoms with Crippen molar-refractivity contribution in [1.29, 1.82) is 0 Å². The molecule has 0 spiro atoms. The highest BCUT2D eigenvalue weighted by molar-refractivity contribution is 7.09. The van der Waals surface area contributed by atoms with Crippen LogP contribution in [-0.2, 0) is 13.1 Å². The number of piperidine rings is 1. The number of likely N-dealkylation sites (tertiary alicyclic amines) is 1. The van der Waals surface area contributed by atoms with Crippen LogP contribution in [0.15, 0.2) is 22.0 Å². The molecule has 1 saturated heterocycles. The second kappa shape index (κ2) is 6.48. The second-order valence-corrected chi connectivity index (χ2v) is 7.39. The van der Waals surface area contributed by atoms with Crippen molar-refractivity contribution in [3.63, 3.8) is 0 Å². The van der Waals surface area contributed by atoms with Crippen LogP contribution in [0, 0.1) is 0 Å². The Kier molecular flexibility index (Phi) is 4.23. The predicted octanol–water partition coefficient (Wildman–Crippen LogP) is 2.76. The normalized spacial score (nSPS) is 23.0. The van der Waals surface area contributed by atoms with Crippen molar-refractivity contribution >= 4 is 11.3 Å². The molecule has 2 fully saturated rings. The number of nitrogens with zero attached hydrogens (tertiary/aromatic N) is 3.